The summed E-state index contributed by atoms with van der Waals surface area (Å²) >= 11 is 1.69. The fourth-order valence-electron chi connectivity index (χ4n) is 1.77. The molecule has 0 saturated heterocycles. The third-order valence-corrected chi connectivity index (χ3v) is 3.83. The molecule has 1 atom stereocenters. The van der Waals surface area contributed by atoms with Crippen LogP contribution in [0.15, 0.2) is 41.8 Å². The van der Waals surface area contributed by atoms with Crippen molar-refractivity contribution in [2.24, 2.45) is 0 Å². The molecule has 1 N–H and O–H groups in total. The number of benzene rings is 1. The maximum absolute atomic E-state index is 11.3. The largest absolute Gasteiger partial charge is 0.468 e. The molecule has 0 radical (unpaired) electrons. The van der Waals surface area contributed by atoms with E-state index in [0.717, 1.165) is 0 Å². The molecule has 0 saturated carbocycles. The Balaban J connectivity index is 1.97. The summed E-state index contributed by atoms with van der Waals surface area (Å²) in [7, 11) is 1.40. The molecule has 19 heavy (non-hydrogen) atoms. The average molecular weight is 275 g/mol. The number of hydrogen-bond acceptors (Lipinski definition) is 4. The first kappa shape index (κ1) is 13.8. The summed E-state index contributed by atoms with van der Waals surface area (Å²) in [5.41, 5.74) is 2.43. The zero-order chi connectivity index (χ0) is 13.7. The minimum atomic E-state index is -0.285. The van der Waals surface area contributed by atoms with Crippen LogP contribution in [0.2, 0.25) is 0 Å². The molecule has 1 aromatic carbocycles. The maximum atomic E-state index is 11.3. The lowest BCUT2D eigenvalue weighted by molar-refractivity contribution is -0.142. The molecule has 3 nitrogen and oxygen atoms in total. The molecule has 0 aliphatic rings. The summed E-state index contributed by atoms with van der Waals surface area (Å²) in [5, 5.41) is 5.28. The van der Waals surface area contributed by atoms with Crippen LogP contribution in [0.4, 0.5) is 0 Å². The van der Waals surface area contributed by atoms with Crippen molar-refractivity contribution in [3.05, 3.63) is 46.7 Å². The van der Waals surface area contributed by atoms with Gasteiger partial charge in [-0.05, 0) is 29.5 Å². The molecule has 0 aliphatic heterocycles. The van der Waals surface area contributed by atoms with E-state index in [9.17, 15) is 4.79 Å². The second-order valence-corrected chi connectivity index (χ2v) is 5.29. The van der Waals surface area contributed by atoms with Gasteiger partial charge in [0, 0.05) is 11.4 Å². The highest BCUT2D eigenvalue weighted by atomic mass is 32.1. The molecule has 2 aromatic rings. The first-order valence-electron chi connectivity index (χ1n) is 6.14. The first-order valence-corrected chi connectivity index (χ1v) is 7.02. The third kappa shape index (κ3) is 3.66. The monoisotopic (exact) mass is 275 g/mol. The smallest absolute Gasteiger partial charge is 0.322 e. The number of methoxy groups -OCH3 is 1. The normalized spacial score (nSPS) is 12.1. The van der Waals surface area contributed by atoms with Crippen LogP contribution in [0.5, 0.6) is 0 Å². The molecule has 1 unspecified atom stereocenters. The van der Waals surface area contributed by atoms with Crippen molar-refractivity contribution in [2.45, 2.75) is 19.5 Å². The van der Waals surface area contributed by atoms with Gasteiger partial charge in [0.25, 0.3) is 0 Å². The number of hydrogen-bond donors (Lipinski definition) is 1. The average Bonchev–Trinajstić information content (AvgIpc) is 2.93. The Bertz CT molecular complexity index is 536. The Labute approximate surface area is 117 Å². The standard InChI is InChI=1S/C15H17NO2S/c1-11(15(17)18-2)16-9-14-8-13(10-19-14)12-6-4-3-5-7-12/h3-8,10-11,16H,9H2,1-2H3. The molecular formula is C15H17NO2S. The molecular weight excluding hydrogens is 258 g/mol. The number of esters is 1. The Morgan fingerprint density at radius 3 is 2.74 bits per heavy atom. The van der Waals surface area contributed by atoms with Gasteiger partial charge in [0.05, 0.1) is 7.11 Å². The van der Waals surface area contributed by atoms with Gasteiger partial charge in [0.1, 0.15) is 6.04 Å². The van der Waals surface area contributed by atoms with Crippen LogP contribution in [-0.4, -0.2) is 19.1 Å². The van der Waals surface area contributed by atoms with E-state index in [0.29, 0.717) is 6.54 Å². The van der Waals surface area contributed by atoms with Gasteiger partial charge in [0.2, 0.25) is 0 Å². The van der Waals surface area contributed by atoms with Crippen molar-refractivity contribution in [3.8, 4) is 11.1 Å². The zero-order valence-corrected chi connectivity index (χ0v) is 11.9. The highest BCUT2D eigenvalue weighted by Gasteiger charge is 2.12. The number of thiophene rings is 1. The maximum Gasteiger partial charge on any atom is 0.322 e. The minimum Gasteiger partial charge on any atom is -0.468 e. The van der Waals surface area contributed by atoms with Crippen LogP contribution in [0.3, 0.4) is 0 Å². The fraction of sp³-hybridized carbons (Fsp3) is 0.267. The number of nitrogens with one attached hydrogen (secondary N) is 1. The molecule has 2 rings (SSSR count). The van der Waals surface area contributed by atoms with Crippen molar-refractivity contribution in [2.75, 3.05) is 7.11 Å². The van der Waals surface area contributed by atoms with Gasteiger partial charge in [-0.25, -0.2) is 0 Å². The summed E-state index contributed by atoms with van der Waals surface area (Å²) in [4.78, 5) is 12.5. The van der Waals surface area contributed by atoms with Crippen LogP contribution < -0.4 is 5.32 Å². The van der Waals surface area contributed by atoms with E-state index >= 15 is 0 Å². The van der Waals surface area contributed by atoms with Gasteiger partial charge < -0.3 is 4.74 Å². The Kier molecular flexibility index (Phi) is 4.71. The van der Waals surface area contributed by atoms with E-state index in [1.165, 1.54) is 23.1 Å². The predicted octanol–water partition coefficient (Wildman–Crippen LogP) is 3.07. The van der Waals surface area contributed by atoms with E-state index in [1.807, 2.05) is 18.2 Å². The van der Waals surface area contributed by atoms with E-state index in [1.54, 1.807) is 18.3 Å². The van der Waals surface area contributed by atoms with E-state index in [4.69, 9.17) is 0 Å². The van der Waals surface area contributed by atoms with E-state index < -0.39 is 0 Å². The van der Waals surface area contributed by atoms with Crippen LogP contribution in [0, 0.1) is 0 Å². The van der Waals surface area contributed by atoms with Crippen molar-refractivity contribution in [1.82, 2.24) is 5.32 Å². The molecule has 0 bridgehead atoms. The third-order valence-electron chi connectivity index (χ3n) is 2.90. The molecule has 1 aromatic heterocycles. The Hall–Kier alpha value is -1.65. The number of rotatable bonds is 5. The summed E-state index contributed by atoms with van der Waals surface area (Å²) in [6, 6.07) is 12.1. The molecule has 1 heterocycles. The lowest BCUT2D eigenvalue weighted by Gasteiger charge is -2.09. The predicted molar refractivity (Wildman–Crippen MR) is 78.1 cm³/mol. The number of carbonyl (C=O) groups excluding carboxylic acids is 1. The van der Waals surface area contributed by atoms with Crippen LogP contribution in [0.25, 0.3) is 11.1 Å². The summed E-state index contributed by atoms with van der Waals surface area (Å²) < 4.78 is 4.68. The molecule has 100 valence electrons. The highest BCUT2D eigenvalue weighted by Crippen LogP contribution is 2.25. The van der Waals surface area contributed by atoms with Crippen molar-refractivity contribution in [1.29, 1.82) is 0 Å². The lowest BCUT2D eigenvalue weighted by atomic mass is 10.1. The molecule has 0 fully saturated rings. The Morgan fingerprint density at radius 2 is 2.05 bits per heavy atom. The van der Waals surface area contributed by atoms with Crippen molar-refractivity contribution in [3.63, 3.8) is 0 Å². The van der Waals surface area contributed by atoms with Gasteiger partial charge in [0.15, 0.2) is 0 Å². The fourth-order valence-corrected chi connectivity index (χ4v) is 2.61. The second kappa shape index (κ2) is 6.50. The Morgan fingerprint density at radius 1 is 1.32 bits per heavy atom. The van der Waals surface area contributed by atoms with Crippen molar-refractivity contribution < 1.29 is 9.53 Å². The molecule has 4 heteroatoms. The van der Waals surface area contributed by atoms with Gasteiger partial charge in [-0.3, -0.25) is 10.1 Å². The number of carbonyl (C=O) groups is 1. The van der Waals surface area contributed by atoms with Crippen LogP contribution in [-0.2, 0) is 16.1 Å². The molecule has 0 amide bonds. The van der Waals surface area contributed by atoms with Crippen LogP contribution in [0.1, 0.15) is 11.8 Å². The first-order chi connectivity index (χ1) is 9.20. The zero-order valence-electron chi connectivity index (χ0n) is 11.1. The lowest BCUT2D eigenvalue weighted by Crippen LogP contribution is -2.34. The minimum absolute atomic E-state index is 0.236. The summed E-state index contributed by atoms with van der Waals surface area (Å²) in [6.07, 6.45) is 0. The van der Waals surface area contributed by atoms with Gasteiger partial charge in [-0.15, -0.1) is 11.3 Å². The van der Waals surface area contributed by atoms with Gasteiger partial charge in [-0.1, -0.05) is 30.3 Å². The highest BCUT2D eigenvalue weighted by molar-refractivity contribution is 7.10. The van der Waals surface area contributed by atoms with Gasteiger partial charge in [-0.2, -0.15) is 0 Å². The van der Waals surface area contributed by atoms with Gasteiger partial charge >= 0.3 is 5.97 Å². The van der Waals surface area contributed by atoms with Crippen molar-refractivity contribution >= 4 is 17.3 Å². The van der Waals surface area contributed by atoms with Crippen LogP contribution >= 0.6 is 11.3 Å². The SMILES string of the molecule is COC(=O)C(C)NCc1cc(-c2ccccc2)cs1. The topological polar surface area (TPSA) is 38.3 Å². The summed E-state index contributed by atoms with van der Waals surface area (Å²) in [6.45, 7) is 2.48. The second-order valence-electron chi connectivity index (χ2n) is 4.29. The molecule has 0 spiro atoms. The summed E-state index contributed by atoms with van der Waals surface area (Å²) in [5.74, 6) is -0.236. The van der Waals surface area contributed by atoms with E-state index in [-0.39, 0.29) is 12.0 Å². The number of ether oxygens (including phenoxy) is 1. The quantitative estimate of drug-likeness (QED) is 0.852. The van der Waals surface area contributed by atoms with E-state index in [2.05, 4.69) is 33.6 Å². The molecule has 0 aliphatic carbocycles.